The minimum absolute atomic E-state index is 0.0147. The average Bonchev–Trinajstić information content (AvgIpc) is 2.53. The third-order valence-corrected chi connectivity index (χ3v) is 3.53. The van der Waals surface area contributed by atoms with Crippen LogP contribution in [0.5, 0.6) is 5.75 Å². The predicted molar refractivity (Wildman–Crippen MR) is 84.9 cm³/mol. The molecule has 1 N–H and O–H groups in total. The highest BCUT2D eigenvalue weighted by Crippen LogP contribution is 2.31. The van der Waals surface area contributed by atoms with Crippen LogP contribution in [0, 0.1) is 0 Å². The maximum atomic E-state index is 12.6. The monoisotopic (exact) mass is 357 g/mol. The van der Waals surface area contributed by atoms with Gasteiger partial charge in [-0.3, -0.25) is 4.79 Å². The molecule has 0 aliphatic heterocycles. The SMILES string of the molecule is C[C@H](NC(=O)COc1cccc(C(F)(F)F)c1)c1ccc(Cl)cc1. The zero-order valence-electron chi connectivity index (χ0n) is 12.7. The number of benzene rings is 2. The lowest BCUT2D eigenvalue weighted by Crippen LogP contribution is -2.31. The molecule has 24 heavy (non-hydrogen) atoms. The fourth-order valence-corrected chi connectivity index (χ4v) is 2.16. The van der Waals surface area contributed by atoms with Crippen molar-refractivity contribution in [3.63, 3.8) is 0 Å². The van der Waals surface area contributed by atoms with Gasteiger partial charge in [-0.1, -0.05) is 29.8 Å². The lowest BCUT2D eigenvalue weighted by atomic mass is 10.1. The Hall–Kier alpha value is -2.21. The van der Waals surface area contributed by atoms with Crippen LogP contribution in [0.4, 0.5) is 13.2 Å². The molecule has 0 aliphatic carbocycles. The predicted octanol–water partition coefficient (Wildman–Crippen LogP) is 4.62. The fraction of sp³-hybridized carbons (Fsp3) is 0.235. The second kappa shape index (κ2) is 7.57. The van der Waals surface area contributed by atoms with Crippen molar-refractivity contribution in [2.45, 2.75) is 19.1 Å². The van der Waals surface area contributed by atoms with Crippen molar-refractivity contribution in [3.8, 4) is 5.75 Å². The summed E-state index contributed by atoms with van der Waals surface area (Å²) in [5.41, 5.74) is 0.0294. The molecule has 7 heteroatoms. The number of alkyl halides is 3. The van der Waals surface area contributed by atoms with E-state index >= 15 is 0 Å². The molecule has 1 atom stereocenters. The van der Waals surface area contributed by atoms with E-state index in [2.05, 4.69) is 5.32 Å². The highest BCUT2D eigenvalue weighted by atomic mass is 35.5. The first-order valence-corrected chi connectivity index (χ1v) is 7.48. The molecule has 3 nitrogen and oxygen atoms in total. The van der Waals surface area contributed by atoms with Crippen LogP contribution in [0.2, 0.25) is 5.02 Å². The van der Waals surface area contributed by atoms with E-state index in [0.29, 0.717) is 5.02 Å². The van der Waals surface area contributed by atoms with Gasteiger partial charge in [-0.2, -0.15) is 13.2 Å². The smallest absolute Gasteiger partial charge is 0.416 e. The quantitative estimate of drug-likeness (QED) is 0.848. The summed E-state index contributed by atoms with van der Waals surface area (Å²) in [5, 5.41) is 3.29. The number of nitrogens with one attached hydrogen (secondary N) is 1. The van der Waals surface area contributed by atoms with Gasteiger partial charge in [0.25, 0.3) is 5.91 Å². The van der Waals surface area contributed by atoms with Crippen molar-refractivity contribution in [1.29, 1.82) is 0 Å². The Morgan fingerprint density at radius 1 is 1.21 bits per heavy atom. The molecule has 2 aromatic carbocycles. The van der Waals surface area contributed by atoms with E-state index < -0.39 is 17.6 Å². The van der Waals surface area contributed by atoms with Gasteiger partial charge in [0.1, 0.15) is 5.75 Å². The maximum absolute atomic E-state index is 12.6. The van der Waals surface area contributed by atoms with E-state index in [1.54, 1.807) is 31.2 Å². The van der Waals surface area contributed by atoms with Crippen LogP contribution in [-0.2, 0) is 11.0 Å². The summed E-state index contributed by atoms with van der Waals surface area (Å²) in [6.45, 7) is 1.41. The number of hydrogen-bond donors (Lipinski definition) is 1. The van der Waals surface area contributed by atoms with Crippen molar-refractivity contribution in [2.24, 2.45) is 0 Å². The molecule has 0 aliphatic rings. The number of halogens is 4. The highest BCUT2D eigenvalue weighted by molar-refractivity contribution is 6.30. The normalized spacial score (nSPS) is 12.5. The van der Waals surface area contributed by atoms with Crippen molar-refractivity contribution in [1.82, 2.24) is 5.32 Å². The van der Waals surface area contributed by atoms with Crippen molar-refractivity contribution >= 4 is 17.5 Å². The summed E-state index contributed by atoms with van der Waals surface area (Å²) < 4.78 is 43.0. The van der Waals surface area contributed by atoms with E-state index in [4.69, 9.17) is 16.3 Å². The van der Waals surface area contributed by atoms with Crippen LogP contribution in [0.15, 0.2) is 48.5 Å². The number of carbonyl (C=O) groups excluding carboxylic acids is 1. The molecular formula is C17H15ClF3NO2. The first kappa shape index (κ1) is 18.1. The van der Waals surface area contributed by atoms with E-state index in [1.165, 1.54) is 12.1 Å². The Bertz CT molecular complexity index is 702. The molecule has 0 fully saturated rings. The van der Waals surface area contributed by atoms with Crippen LogP contribution in [0.3, 0.4) is 0 Å². The Morgan fingerprint density at radius 3 is 2.50 bits per heavy atom. The third kappa shape index (κ3) is 5.16. The van der Waals surface area contributed by atoms with Gasteiger partial charge in [0.05, 0.1) is 11.6 Å². The van der Waals surface area contributed by atoms with E-state index in [-0.39, 0.29) is 18.4 Å². The molecule has 0 saturated carbocycles. The Labute approximate surface area is 142 Å². The Kier molecular flexibility index (Phi) is 5.72. The summed E-state index contributed by atoms with van der Waals surface area (Å²) in [4.78, 5) is 11.9. The number of amides is 1. The number of hydrogen-bond acceptors (Lipinski definition) is 2. The van der Waals surface area contributed by atoms with Crippen LogP contribution in [-0.4, -0.2) is 12.5 Å². The molecule has 0 unspecified atom stereocenters. The first-order chi connectivity index (χ1) is 11.3. The molecule has 0 saturated heterocycles. The van der Waals surface area contributed by atoms with E-state index in [0.717, 1.165) is 17.7 Å². The van der Waals surface area contributed by atoms with Gasteiger partial charge in [-0.15, -0.1) is 0 Å². The molecular weight excluding hydrogens is 343 g/mol. The molecule has 0 bridgehead atoms. The van der Waals surface area contributed by atoms with Crippen molar-refractivity contribution < 1.29 is 22.7 Å². The Balaban J connectivity index is 1.90. The molecule has 128 valence electrons. The number of rotatable bonds is 5. The summed E-state index contributed by atoms with van der Waals surface area (Å²) in [6.07, 6.45) is -4.45. The second-order valence-corrected chi connectivity index (χ2v) is 5.59. The van der Waals surface area contributed by atoms with Crippen LogP contribution in [0.25, 0.3) is 0 Å². The molecule has 2 aromatic rings. The topological polar surface area (TPSA) is 38.3 Å². The number of carbonyl (C=O) groups is 1. The van der Waals surface area contributed by atoms with Crippen LogP contribution >= 0.6 is 11.6 Å². The largest absolute Gasteiger partial charge is 0.484 e. The Morgan fingerprint density at radius 2 is 1.88 bits per heavy atom. The molecule has 2 rings (SSSR count). The van der Waals surface area contributed by atoms with Gasteiger partial charge in [0.2, 0.25) is 0 Å². The molecule has 0 radical (unpaired) electrons. The number of ether oxygens (including phenoxy) is 1. The summed E-state index contributed by atoms with van der Waals surface area (Å²) in [7, 11) is 0. The molecule has 0 aromatic heterocycles. The standard InChI is InChI=1S/C17H15ClF3NO2/c1-11(12-5-7-14(18)8-6-12)22-16(23)10-24-15-4-2-3-13(9-15)17(19,20)21/h2-9,11H,10H2,1H3,(H,22,23)/t11-/m0/s1. The van der Waals surface area contributed by atoms with Crippen LogP contribution < -0.4 is 10.1 Å². The lowest BCUT2D eigenvalue weighted by molar-refractivity contribution is -0.137. The fourth-order valence-electron chi connectivity index (χ4n) is 2.03. The first-order valence-electron chi connectivity index (χ1n) is 7.10. The van der Waals surface area contributed by atoms with Gasteiger partial charge < -0.3 is 10.1 Å². The van der Waals surface area contributed by atoms with Gasteiger partial charge in [0, 0.05) is 5.02 Å². The summed E-state index contributed by atoms with van der Waals surface area (Å²) >= 11 is 5.80. The third-order valence-electron chi connectivity index (χ3n) is 3.28. The minimum Gasteiger partial charge on any atom is -0.484 e. The van der Waals surface area contributed by atoms with Crippen molar-refractivity contribution in [3.05, 3.63) is 64.7 Å². The summed E-state index contributed by atoms with van der Waals surface area (Å²) in [6, 6.07) is 11.1. The summed E-state index contributed by atoms with van der Waals surface area (Å²) in [5.74, 6) is -0.450. The van der Waals surface area contributed by atoms with Gasteiger partial charge in [-0.25, -0.2) is 0 Å². The van der Waals surface area contributed by atoms with E-state index in [9.17, 15) is 18.0 Å². The van der Waals surface area contributed by atoms with Gasteiger partial charge in [0.15, 0.2) is 6.61 Å². The van der Waals surface area contributed by atoms with E-state index in [1.807, 2.05) is 0 Å². The zero-order chi connectivity index (χ0) is 17.7. The van der Waals surface area contributed by atoms with Crippen LogP contribution in [0.1, 0.15) is 24.1 Å². The molecule has 0 heterocycles. The van der Waals surface area contributed by atoms with Crippen molar-refractivity contribution in [2.75, 3.05) is 6.61 Å². The average molecular weight is 358 g/mol. The van der Waals surface area contributed by atoms with Gasteiger partial charge in [-0.05, 0) is 42.8 Å². The maximum Gasteiger partial charge on any atom is 0.416 e. The highest BCUT2D eigenvalue weighted by Gasteiger charge is 2.30. The second-order valence-electron chi connectivity index (χ2n) is 5.16. The molecule has 0 spiro atoms. The molecule has 1 amide bonds. The minimum atomic E-state index is -4.45. The lowest BCUT2D eigenvalue weighted by Gasteiger charge is -2.15. The van der Waals surface area contributed by atoms with Gasteiger partial charge >= 0.3 is 6.18 Å². The zero-order valence-corrected chi connectivity index (χ0v) is 13.5.